The van der Waals surface area contributed by atoms with Gasteiger partial charge in [0, 0.05) is 13.1 Å². The molecule has 0 radical (unpaired) electrons. The van der Waals surface area contributed by atoms with Gasteiger partial charge in [-0.1, -0.05) is 50.1 Å². The van der Waals surface area contributed by atoms with Crippen LogP contribution in [0.2, 0.25) is 0 Å². The lowest BCUT2D eigenvalue weighted by molar-refractivity contribution is 0.192. The van der Waals surface area contributed by atoms with Crippen LogP contribution in [0.25, 0.3) is 16.7 Å². The Morgan fingerprint density at radius 2 is 1.74 bits per heavy atom. The van der Waals surface area contributed by atoms with Crippen LogP contribution in [0.15, 0.2) is 41.3 Å². The molecule has 8 nitrogen and oxygen atoms in total. The fraction of sp³-hybridized carbons (Fsp3) is 0.421. The number of hydrogen-bond donors (Lipinski definition) is 0. The van der Waals surface area contributed by atoms with Crippen LogP contribution in [0.5, 0.6) is 0 Å². The molecule has 142 valence electrons. The van der Waals surface area contributed by atoms with Gasteiger partial charge in [0.25, 0.3) is 5.56 Å². The maximum atomic E-state index is 12.9. The van der Waals surface area contributed by atoms with E-state index >= 15 is 0 Å². The number of carbonyl (C=O) groups excluding carboxylic acids is 1. The van der Waals surface area contributed by atoms with Gasteiger partial charge in [0.2, 0.25) is 0 Å². The molecular weight excluding hydrogens is 344 g/mol. The summed E-state index contributed by atoms with van der Waals surface area (Å²) >= 11 is 0. The second kappa shape index (κ2) is 8.57. The highest BCUT2D eigenvalue weighted by Gasteiger charge is 2.21. The van der Waals surface area contributed by atoms with E-state index in [2.05, 4.69) is 29.3 Å². The molecule has 2 aromatic heterocycles. The highest BCUT2D eigenvalue weighted by atomic mass is 16.2. The van der Waals surface area contributed by atoms with Crippen LogP contribution in [-0.2, 0) is 0 Å². The van der Waals surface area contributed by atoms with Crippen molar-refractivity contribution in [2.45, 2.75) is 39.5 Å². The van der Waals surface area contributed by atoms with Gasteiger partial charge in [-0.3, -0.25) is 4.79 Å². The Morgan fingerprint density at radius 1 is 1.07 bits per heavy atom. The first-order valence-corrected chi connectivity index (χ1v) is 9.35. The third-order valence-corrected chi connectivity index (χ3v) is 4.41. The highest BCUT2D eigenvalue weighted by molar-refractivity contribution is 5.80. The van der Waals surface area contributed by atoms with Gasteiger partial charge < -0.3 is 4.90 Å². The van der Waals surface area contributed by atoms with E-state index in [0.717, 1.165) is 36.1 Å². The van der Waals surface area contributed by atoms with E-state index < -0.39 is 11.6 Å². The van der Waals surface area contributed by atoms with Gasteiger partial charge in [0.15, 0.2) is 5.65 Å². The number of rotatable bonds is 7. The first-order chi connectivity index (χ1) is 13.2. The van der Waals surface area contributed by atoms with Gasteiger partial charge in [-0.15, -0.1) is 9.78 Å². The normalized spacial score (nSPS) is 11.0. The third-order valence-electron chi connectivity index (χ3n) is 4.41. The first kappa shape index (κ1) is 18.8. The molecular formula is C19H24N6O2. The summed E-state index contributed by atoms with van der Waals surface area (Å²) in [6, 6.07) is 8.95. The SMILES string of the molecule is CCCCN(CCCC)C(=O)n1nnc2c(cnn2-c2ccccc2)c1=O. The maximum absolute atomic E-state index is 12.9. The highest BCUT2D eigenvalue weighted by Crippen LogP contribution is 2.12. The number of para-hydroxylation sites is 1. The second-order valence-corrected chi connectivity index (χ2v) is 6.41. The Kier molecular flexibility index (Phi) is 5.95. The van der Waals surface area contributed by atoms with Crippen molar-refractivity contribution in [2.24, 2.45) is 0 Å². The molecule has 0 spiro atoms. The van der Waals surface area contributed by atoms with E-state index in [4.69, 9.17) is 0 Å². The molecule has 1 aromatic carbocycles. The van der Waals surface area contributed by atoms with Gasteiger partial charge in [-0.25, -0.2) is 9.48 Å². The molecule has 27 heavy (non-hydrogen) atoms. The molecule has 3 rings (SSSR count). The van der Waals surface area contributed by atoms with Gasteiger partial charge in [-0.2, -0.15) is 5.10 Å². The summed E-state index contributed by atoms with van der Waals surface area (Å²) in [5.74, 6) is 0. The van der Waals surface area contributed by atoms with Crippen LogP contribution >= 0.6 is 0 Å². The molecule has 0 fully saturated rings. The lowest BCUT2D eigenvalue weighted by Crippen LogP contribution is -2.42. The minimum atomic E-state index is -0.495. The summed E-state index contributed by atoms with van der Waals surface area (Å²) in [6.45, 7) is 5.34. The summed E-state index contributed by atoms with van der Waals surface area (Å²) in [7, 11) is 0. The average Bonchev–Trinajstić information content (AvgIpc) is 3.14. The molecule has 0 bridgehead atoms. The molecule has 0 aliphatic rings. The molecule has 0 N–H and O–H groups in total. The molecule has 0 aliphatic heterocycles. The zero-order valence-corrected chi connectivity index (χ0v) is 15.7. The monoisotopic (exact) mass is 368 g/mol. The molecule has 0 aliphatic carbocycles. The van der Waals surface area contributed by atoms with Gasteiger partial charge in [0.05, 0.1) is 11.9 Å². The molecule has 1 amide bonds. The first-order valence-electron chi connectivity index (χ1n) is 9.35. The molecule has 0 unspecified atom stereocenters. The van der Waals surface area contributed by atoms with Crippen molar-refractivity contribution in [3.63, 3.8) is 0 Å². The Hall–Kier alpha value is -3.03. The summed E-state index contributed by atoms with van der Waals surface area (Å²) < 4.78 is 2.40. The summed E-state index contributed by atoms with van der Waals surface area (Å²) in [5.41, 5.74) is 0.617. The van der Waals surface area contributed by atoms with E-state index in [0.29, 0.717) is 18.7 Å². The van der Waals surface area contributed by atoms with E-state index in [1.807, 2.05) is 30.3 Å². The average molecular weight is 368 g/mol. The number of amides is 1. The minimum Gasteiger partial charge on any atom is -0.323 e. The Bertz CT molecular complexity index is 955. The number of aromatic nitrogens is 5. The number of carbonyl (C=O) groups is 1. The number of unbranched alkanes of at least 4 members (excludes halogenated alkanes) is 2. The van der Waals surface area contributed by atoms with Crippen LogP contribution in [0.3, 0.4) is 0 Å². The maximum Gasteiger partial charge on any atom is 0.349 e. The van der Waals surface area contributed by atoms with Gasteiger partial charge in [0.1, 0.15) is 5.39 Å². The lowest BCUT2D eigenvalue weighted by atomic mass is 10.3. The zero-order chi connectivity index (χ0) is 19.2. The van der Waals surface area contributed by atoms with Gasteiger partial charge >= 0.3 is 6.03 Å². The van der Waals surface area contributed by atoms with Gasteiger partial charge in [-0.05, 0) is 25.0 Å². The number of nitrogens with zero attached hydrogens (tertiary/aromatic N) is 6. The summed E-state index contributed by atoms with van der Waals surface area (Å²) in [5, 5.41) is 12.5. The number of benzene rings is 1. The Balaban J connectivity index is 1.97. The van der Waals surface area contributed by atoms with Crippen LogP contribution in [0.1, 0.15) is 39.5 Å². The predicted octanol–water partition coefficient (Wildman–Crippen LogP) is 2.85. The van der Waals surface area contributed by atoms with Crippen molar-refractivity contribution in [3.05, 3.63) is 46.9 Å². The van der Waals surface area contributed by atoms with Crippen LogP contribution in [0.4, 0.5) is 4.79 Å². The largest absolute Gasteiger partial charge is 0.349 e. The van der Waals surface area contributed by atoms with Crippen molar-refractivity contribution in [3.8, 4) is 5.69 Å². The fourth-order valence-corrected chi connectivity index (χ4v) is 2.85. The molecule has 2 heterocycles. The number of hydrogen-bond acceptors (Lipinski definition) is 5. The molecule has 3 aromatic rings. The van der Waals surface area contributed by atoms with Crippen LogP contribution < -0.4 is 5.56 Å². The second-order valence-electron chi connectivity index (χ2n) is 6.41. The van der Waals surface area contributed by atoms with Crippen molar-refractivity contribution in [2.75, 3.05) is 13.1 Å². The Morgan fingerprint density at radius 3 is 2.37 bits per heavy atom. The smallest absolute Gasteiger partial charge is 0.323 e. The Labute approximate surface area is 157 Å². The quantitative estimate of drug-likeness (QED) is 0.640. The van der Waals surface area contributed by atoms with Crippen LogP contribution in [0, 0.1) is 0 Å². The lowest BCUT2D eigenvalue weighted by Gasteiger charge is -2.21. The van der Waals surface area contributed by atoms with Crippen molar-refractivity contribution in [1.29, 1.82) is 0 Å². The third kappa shape index (κ3) is 3.89. The molecule has 0 saturated heterocycles. The number of fused-ring (bicyclic) bond motifs is 1. The summed E-state index contributed by atoms with van der Waals surface area (Å²) in [6.07, 6.45) is 5.14. The van der Waals surface area contributed by atoms with E-state index in [9.17, 15) is 9.59 Å². The van der Waals surface area contributed by atoms with Crippen molar-refractivity contribution < 1.29 is 4.79 Å². The summed E-state index contributed by atoms with van der Waals surface area (Å²) in [4.78, 5) is 27.4. The van der Waals surface area contributed by atoms with E-state index in [1.54, 1.807) is 9.58 Å². The topological polar surface area (TPSA) is 85.9 Å². The minimum absolute atomic E-state index is 0.271. The predicted molar refractivity (Wildman–Crippen MR) is 103 cm³/mol. The van der Waals surface area contributed by atoms with Crippen molar-refractivity contribution in [1.82, 2.24) is 29.7 Å². The fourth-order valence-electron chi connectivity index (χ4n) is 2.85. The molecule has 8 heteroatoms. The zero-order valence-electron chi connectivity index (χ0n) is 15.7. The van der Waals surface area contributed by atoms with E-state index in [1.165, 1.54) is 6.20 Å². The van der Waals surface area contributed by atoms with Crippen molar-refractivity contribution >= 4 is 17.1 Å². The standard InChI is InChI=1S/C19H24N6O2/c1-3-5-12-23(13-6-4-2)19(27)25-18(26)16-14-20-24(17(16)21-22-25)15-10-8-7-9-11-15/h7-11,14H,3-6,12-13H2,1-2H3. The molecule has 0 atom stereocenters. The van der Waals surface area contributed by atoms with Crippen LogP contribution in [-0.4, -0.2) is 48.8 Å². The molecule has 0 saturated carbocycles. The van der Waals surface area contributed by atoms with E-state index in [-0.39, 0.29) is 5.39 Å².